The number of ether oxygens (including phenoxy) is 1. The van der Waals surface area contributed by atoms with E-state index >= 15 is 0 Å². The number of aliphatic carboxylic acids is 1. The first-order chi connectivity index (χ1) is 16.5. The molecule has 14 heteroatoms. The Bertz CT molecular complexity index is 1070. The van der Waals surface area contributed by atoms with Gasteiger partial charge in [-0.05, 0) is 38.8 Å². The monoisotopic (exact) mass is 501 g/mol. The number of aromatic nitrogens is 3. The molecule has 0 unspecified atom stereocenters. The van der Waals surface area contributed by atoms with Crippen LogP contribution in [0, 0.1) is 5.82 Å². The SMILES string of the molecule is C[C@@H](CCN)Oc1ncc(F)cc1[C@H]1CCCN1C1=Nc2c(N)cnn2CC1.O=C(O)C(F)(F)F. The van der Waals surface area contributed by atoms with Gasteiger partial charge in [0.1, 0.15) is 11.7 Å². The van der Waals surface area contributed by atoms with Crippen LogP contribution in [-0.2, 0) is 11.3 Å². The van der Waals surface area contributed by atoms with E-state index in [0.29, 0.717) is 30.4 Å². The lowest BCUT2D eigenvalue weighted by atomic mass is 10.1. The summed E-state index contributed by atoms with van der Waals surface area (Å²) in [7, 11) is 0. The minimum Gasteiger partial charge on any atom is -0.475 e. The molecule has 0 amide bonds. The van der Waals surface area contributed by atoms with Crippen LogP contribution in [0.4, 0.5) is 29.1 Å². The lowest BCUT2D eigenvalue weighted by Gasteiger charge is -2.31. The molecule has 0 saturated carbocycles. The van der Waals surface area contributed by atoms with Gasteiger partial charge in [0.15, 0.2) is 5.82 Å². The summed E-state index contributed by atoms with van der Waals surface area (Å²) >= 11 is 0. The molecule has 2 atom stereocenters. The molecule has 0 aliphatic carbocycles. The average molecular weight is 501 g/mol. The van der Waals surface area contributed by atoms with Crippen LogP contribution in [0.5, 0.6) is 5.88 Å². The van der Waals surface area contributed by atoms with Crippen LogP contribution in [0.15, 0.2) is 23.5 Å². The van der Waals surface area contributed by atoms with Crippen molar-refractivity contribution >= 4 is 23.3 Å². The fourth-order valence-corrected chi connectivity index (χ4v) is 3.93. The van der Waals surface area contributed by atoms with Gasteiger partial charge < -0.3 is 26.2 Å². The molecule has 2 aliphatic rings. The van der Waals surface area contributed by atoms with Gasteiger partial charge in [-0.15, -0.1) is 0 Å². The molecule has 4 rings (SSSR count). The van der Waals surface area contributed by atoms with E-state index in [1.807, 2.05) is 11.6 Å². The van der Waals surface area contributed by atoms with Crippen LogP contribution < -0.4 is 16.2 Å². The predicted octanol–water partition coefficient (Wildman–Crippen LogP) is 3.02. The van der Waals surface area contributed by atoms with Crippen LogP contribution in [0.2, 0.25) is 0 Å². The van der Waals surface area contributed by atoms with Gasteiger partial charge in [0, 0.05) is 18.5 Å². The van der Waals surface area contributed by atoms with Gasteiger partial charge in [0.05, 0.1) is 36.8 Å². The third kappa shape index (κ3) is 6.38. The quantitative estimate of drug-likeness (QED) is 0.530. The Morgan fingerprint density at radius 1 is 1.34 bits per heavy atom. The van der Waals surface area contributed by atoms with Crippen LogP contribution in [0.25, 0.3) is 0 Å². The smallest absolute Gasteiger partial charge is 0.475 e. The lowest BCUT2D eigenvalue weighted by Crippen LogP contribution is -2.33. The second-order valence-electron chi connectivity index (χ2n) is 8.13. The van der Waals surface area contributed by atoms with E-state index in [2.05, 4.69) is 15.0 Å². The molecule has 35 heavy (non-hydrogen) atoms. The topological polar surface area (TPSA) is 145 Å². The van der Waals surface area contributed by atoms with Gasteiger partial charge >= 0.3 is 12.1 Å². The van der Waals surface area contributed by atoms with E-state index in [1.54, 1.807) is 6.20 Å². The summed E-state index contributed by atoms with van der Waals surface area (Å²) in [5.74, 6) is -1.01. The van der Waals surface area contributed by atoms with Crippen molar-refractivity contribution in [3.8, 4) is 5.88 Å². The summed E-state index contributed by atoms with van der Waals surface area (Å²) in [6, 6.07) is 1.50. The molecule has 4 heterocycles. The van der Waals surface area contributed by atoms with E-state index in [9.17, 15) is 17.6 Å². The number of aryl methyl sites for hydroxylation is 1. The summed E-state index contributed by atoms with van der Waals surface area (Å²) < 4.78 is 53.6. The van der Waals surface area contributed by atoms with Crippen LogP contribution in [0.3, 0.4) is 0 Å². The molecule has 2 aliphatic heterocycles. The number of nitrogen functional groups attached to an aromatic ring is 1. The number of carbonyl (C=O) groups is 1. The molecular weight excluding hydrogens is 474 g/mol. The van der Waals surface area contributed by atoms with Crippen molar-refractivity contribution in [3.63, 3.8) is 0 Å². The second-order valence-corrected chi connectivity index (χ2v) is 8.13. The van der Waals surface area contributed by atoms with Crippen LogP contribution >= 0.6 is 0 Å². The van der Waals surface area contributed by atoms with Crippen molar-refractivity contribution in [1.29, 1.82) is 0 Å². The van der Waals surface area contributed by atoms with Gasteiger partial charge in [-0.1, -0.05) is 0 Å². The standard InChI is InChI=1S/C19H26FN7O.C2HF3O2/c1-12(4-6-21)28-19-14(9-13(20)10-23-19)16-3-2-7-26(16)17-5-8-27-18(25-17)15(22)11-24-27;3-2(4,5)1(6)7/h9-12,16H,2-8,21-22H2,1H3;(H,6,7)/t12-,16+;/m0./s1. The highest BCUT2D eigenvalue weighted by molar-refractivity contribution is 5.87. The van der Waals surface area contributed by atoms with Crippen molar-refractivity contribution in [3.05, 3.63) is 29.8 Å². The fourth-order valence-electron chi connectivity index (χ4n) is 3.93. The Morgan fingerprint density at radius 2 is 2.06 bits per heavy atom. The molecule has 0 aromatic carbocycles. The summed E-state index contributed by atoms with van der Waals surface area (Å²) in [6.07, 6.45) is 1.01. The fraction of sp³-hybridized carbons (Fsp3) is 0.524. The number of aliphatic imine (C=N–C) groups is 1. The Labute approximate surface area is 198 Å². The number of nitrogens with two attached hydrogens (primary N) is 2. The van der Waals surface area contributed by atoms with Crippen molar-refractivity contribution in [2.24, 2.45) is 10.7 Å². The molecule has 1 saturated heterocycles. The Hall–Kier alpha value is -3.42. The number of fused-ring (bicyclic) bond motifs is 1. The minimum atomic E-state index is -5.08. The van der Waals surface area contributed by atoms with Gasteiger partial charge in [-0.25, -0.2) is 23.8 Å². The number of nitrogens with zero attached hydrogens (tertiary/aromatic N) is 5. The number of likely N-dealkylation sites (tertiary alicyclic amines) is 1. The normalized spacial score (nSPS) is 18.3. The number of anilines is 1. The number of carboxylic acids is 1. The maximum Gasteiger partial charge on any atom is 0.490 e. The van der Waals surface area contributed by atoms with Gasteiger partial charge in [0.25, 0.3) is 0 Å². The molecule has 5 N–H and O–H groups in total. The number of halogens is 4. The van der Waals surface area contributed by atoms with Crippen molar-refractivity contribution in [2.45, 2.75) is 57.5 Å². The van der Waals surface area contributed by atoms with Crippen LogP contribution in [-0.4, -0.2) is 61.9 Å². The summed E-state index contributed by atoms with van der Waals surface area (Å²) in [5.41, 5.74) is 13.0. The van der Waals surface area contributed by atoms with Gasteiger partial charge in [-0.3, -0.25) is 0 Å². The number of hydrogen-bond acceptors (Lipinski definition) is 8. The highest BCUT2D eigenvalue weighted by atomic mass is 19.4. The maximum atomic E-state index is 14.0. The van der Waals surface area contributed by atoms with E-state index < -0.39 is 12.1 Å². The summed E-state index contributed by atoms with van der Waals surface area (Å²) in [5, 5.41) is 11.4. The van der Waals surface area contributed by atoms with E-state index in [1.165, 1.54) is 12.3 Å². The van der Waals surface area contributed by atoms with E-state index in [0.717, 1.165) is 43.8 Å². The van der Waals surface area contributed by atoms with Crippen molar-refractivity contribution in [2.75, 3.05) is 18.8 Å². The number of pyridine rings is 1. The maximum absolute atomic E-state index is 14.0. The first-order valence-electron chi connectivity index (χ1n) is 11.0. The zero-order valence-corrected chi connectivity index (χ0v) is 19.0. The number of hydrogen-bond donors (Lipinski definition) is 3. The molecule has 2 aromatic heterocycles. The molecule has 2 aromatic rings. The van der Waals surface area contributed by atoms with E-state index in [-0.39, 0.29) is 18.0 Å². The third-order valence-electron chi connectivity index (χ3n) is 5.54. The zero-order valence-electron chi connectivity index (χ0n) is 19.0. The number of carboxylic acid groups (broad SMARTS) is 1. The molecular formula is C21H27F4N7O3. The number of alkyl halides is 3. The second kappa shape index (κ2) is 10.9. The highest BCUT2D eigenvalue weighted by Gasteiger charge is 2.38. The molecule has 0 bridgehead atoms. The predicted molar refractivity (Wildman–Crippen MR) is 119 cm³/mol. The molecule has 10 nitrogen and oxygen atoms in total. The van der Waals surface area contributed by atoms with E-state index in [4.69, 9.17) is 31.1 Å². The van der Waals surface area contributed by atoms with Gasteiger partial charge in [-0.2, -0.15) is 18.3 Å². The lowest BCUT2D eigenvalue weighted by molar-refractivity contribution is -0.192. The molecule has 192 valence electrons. The first kappa shape index (κ1) is 26.2. The number of amidine groups is 1. The Balaban J connectivity index is 0.000000429. The minimum absolute atomic E-state index is 0.0299. The molecule has 0 radical (unpaired) electrons. The highest BCUT2D eigenvalue weighted by Crippen LogP contribution is 2.39. The average Bonchev–Trinajstić information content (AvgIpc) is 3.42. The molecule has 1 fully saturated rings. The largest absolute Gasteiger partial charge is 0.490 e. The van der Waals surface area contributed by atoms with Crippen LogP contribution in [0.1, 0.15) is 44.2 Å². The summed E-state index contributed by atoms with van der Waals surface area (Å²) in [4.78, 5) is 20.1. The van der Waals surface area contributed by atoms with Gasteiger partial charge in [0.2, 0.25) is 5.88 Å². The Kier molecular flexibility index (Phi) is 8.14. The molecule has 0 spiro atoms. The summed E-state index contributed by atoms with van der Waals surface area (Å²) in [6.45, 7) is 4.06. The first-order valence-corrected chi connectivity index (χ1v) is 11.0. The Morgan fingerprint density at radius 3 is 2.71 bits per heavy atom. The number of rotatable bonds is 5. The zero-order chi connectivity index (χ0) is 25.8. The van der Waals surface area contributed by atoms with Crippen molar-refractivity contribution < 1.29 is 32.2 Å². The van der Waals surface area contributed by atoms with Crippen molar-refractivity contribution in [1.82, 2.24) is 19.7 Å². The third-order valence-corrected chi connectivity index (χ3v) is 5.54.